The van der Waals surface area contributed by atoms with Crippen LogP contribution in [-0.2, 0) is 30.2 Å². The van der Waals surface area contributed by atoms with Crippen LogP contribution in [0, 0.1) is 30.3 Å². The van der Waals surface area contributed by atoms with Crippen LogP contribution >= 0.6 is 0 Å². The number of non-ortho nitro benzene ring substituents is 1. The van der Waals surface area contributed by atoms with Crippen LogP contribution in [0.4, 0.5) is 22.7 Å². The van der Waals surface area contributed by atoms with E-state index < -0.39 is 37.9 Å². The quantitative estimate of drug-likeness (QED) is 0.0127. The Kier molecular flexibility index (Phi) is 31.3. The molecule has 0 heterocycles. The lowest BCUT2D eigenvalue weighted by atomic mass is 9.92. The van der Waals surface area contributed by atoms with Crippen LogP contribution in [0.2, 0.25) is 0 Å². The number of unbranched alkanes of at least 4 members (excludes halogenated alkanes) is 29. The summed E-state index contributed by atoms with van der Waals surface area (Å²) in [6.07, 6.45) is 37.2. The molecule has 0 bridgehead atoms. The summed E-state index contributed by atoms with van der Waals surface area (Å²) < 4.78 is 17.5. The summed E-state index contributed by atoms with van der Waals surface area (Å²) in [7, 11) is 0. The summed E-state index contributed by atoms with van der Waals surface area (Å²) in [6.45, 7) is 3.29. The Bertz CT molecular complexity index is 2510. The van der Waals surface area contributed by atoms with Crippen molar-refractivity contribution in [1.29, 1.82) is 0 Å². The van der Waals surface area contributed by atoms with E-state index in [0.717, 1.165) is 95.6 Å². The first-order valence-electron chi connectivity index (χ1n) is 31.0. The van der Waals surface area contributed by atoms with Crippen LogP contribution < -0.4 is 5.32 Å². The van der Waals surface area contributed by atoms with Gasteiger partial charge in [-0.15, -0.1) is 0 Å². The number of nitro benzene ring substituents is 3. The Morgan fingerprint density at radius 1 is 0.475 bits per heavy atom. The maximum Gasteiger partial charge on any atom is 0.306 e. The van der Waals surface area contributed by atoms with Gasteiger partial charge >= 0.3 is 23.3 Å². The van der Waals surface area contributed by atoms with Gasteiger partial charge in [-0.25, -0.2) is 0 Å². The molecule has 15 nitrogen and oxygen atoms in total. The lowest BCUT2D eigenvalue weighted by Gasteiger charge is -2.18. The van der Waals surface area contributed by atoms with Crippen molar-refractivity contribution in [2.75, 3.05) is 31.7 Å². The fourth-order valence-electron chi connectivity index (χ4n) is 11.0. The van der Waals surface area contributed by atoms with Crippen molar-refractivity contribution < 1.29 is 38.6 Å². The number of ether oxygens (including phenoxy) is 3. The number of nitro groups is 3. The van der Waals surface area contributed by atoms with E-state index in [-0.39, 0.29) is 37.4 Å². The second-order valence-electron chi connectivity index (χ2n) is 22.3. The average molecular weight is 1110 g/mol. The molecule has 0 spiro atoms. The van der Waals surface area contributed by atoms with Gasteiger partial charge in [-0.2, -0.15) is 0 Å². The Morgan fingerprint density at radius 3 is 1.39 bits per heavy atom. The van der Waals surface area contributed by atoms with Gasteiger partial charge in [0.1, 0.15) is 6.61 Å². The molecular weight excluding hydrogens is 1010 g/mol. The highest BCUT2D eigenvalue weighted by atomic mass is 16.6. The number of hydrogen-bond donors (Lipinski definition) is 1. The zero-order valence-corrected chi connectivity index (χ0v) is 48.3. The Labute approximate surface area is 475 Å². The van der Waals surface area contributed by atoms with Gasteiger partial charge in [0.25, 0.3) is 5.69 Å². The minimum atomic E-state index is -0.893. The summed E-state index contributed by atoms with van der Waals surface area (Å²) in [4.78, 5) is 57.3. The van der Waals surface area contributed by atoms with Crippen LogP contribution in [0.5, 0.6) is 0 Å². The van der Waals surface area contributed by atoms with Crippen molar-refractivity contribution in [3.63, 3.8) is 0 Å². The van der Waals surface area contributed by atoms with Crippen LogP contribution in [0.3, 0.4) is 0 Å². The average Bonchev–Trinajstić information content (AvgIpc) is 3.45. The molecule has 0 saturated carbocycles. The molecule has 1 N–H and O–H groups in total. The molecule has 0 aliphatic heterocycles. The van der Waals surface area contributed by atoms with Crippen LogP contribution in [0.15, 0.2) is 66.7 Å². The number of nitrogens with zero attached hydrogens (tertiary/aromatic N) is 3. The number of carbonyl (C=O) groups is 2. The number of nitrogens with one attached hydrogen (secondary N) is 1. The molecule has 15 heteroatoms. The van der Waals surface area contributed by atoms with Crippen molar-refractivity contribution in [3.05, 3.63) is 103 Å². The number of esters is 2. The van der Waals surface area contributed by atoms with Crippen molar-refractivity contribution in [3.8, 4) is 0 Å². The summed E-state index contributed by atoms with van der Waals surface area (Å²) in [5, 5.41) is 45.0. The van der Waals surface area contributed by atoms with Crippen molar-refractivity contribution in [2.45, 2.75) is 238 Å². The smallest absolute Gasteiger partial charge is 0.306 e. The Morgan fingerprint density at radius 2 is 0.900 bits per heavy atom. The van der Waals surface area contributed by atoms with Crippen molar-refractivity contribution in [1.82, 2.24) is 0 Å². The molecule has 5 rings (SSSR count). The van der Waals surface area contributed by atoms with E-state index in [2.05, 4.69) is 66.8 Å². The van der Waals surface area contributed by atoms with Crippen molar-refractivity contribution >= 4 is 67.0 Å². The molecule has 5 aromatic carbocycles. The predicted octanol–water partition coefficient (Wildman–Crippen LogP) is 18.7. The van der Waals surface area contributed by atoms with Gasteiger partial charge in [0.2, 0.25) is 0 Å². The van der Waals surface area contributed by atoms with E-state index in [0.29, 0.717) is 32.3 Å². The molecule has 5 aromatic rings. The number of carbonyl (C=O) groups excluding carboxylic acids is 2. The first kappa shape index (κ1) is 64.9. The van der Waals surface area contributed by atoms with E-state index >= 15 is 0 Å². The maximum atomic E-state index is 13.0. The topological polar surface area (TPSA) is 203 Å². The largest absolute Gasteiger partial charge is 0.462 e. The SMILES string of the molecule is CCCCCCCCCCCCCCCCOC[C@H](COC(=O)CCCCCCCCCCCNc1c([N+](=O)[O-])cc([N+](=O)[O-])cc1[N+](=O)[O-])OC(=O)CCCCCCCCCCCc1cc2ccc3cccc4ccc(c1)c2c34. The van der Waals surface area contributed by atoms with E-state index in [1.165, 1.54) is 153 Å². The van der Waals surface area contributed by atoms with Gasteiger partial charge in [0.05, 0.1) is 33.5 Å². The molecule has 0 unspecified atom stereocenters. The maximum absolute atomic E-state index is 13.0. The van der Waals surface area contributed by atoms with E-state index in [1.807, 2.05) is 0 Å². The van der Waals surface area contributed by atoms with Gasteiger partial charge < -0.3 is 19.5 Å². The minimum absolute atomic E-state index is 0.0146. The molecule has 0 aliphatic rings. The third kappa shape index (κ3) is 24.4. The molecule has 1 atom stereocenters. The molecule has 0 aromatic heterocycles. The molecule has 0 aliphatic carbocycles. The molecule has 0 radical (unpaired) electrons. The minimum Gasteiger partial charge on any atom is -0.462 e. The van der Waals surface area contributed by atoms with Gasteiger partial charge in [-0.3, -0.25) is 39.9 Å². The highest BCUT2D eigenvalue weighted by Gasteiger charge is 2.30. The Balaban J connectivity index is 0.896. The van der Waals surface area contributed by atoms with Gasteiger partial charge in [0.15, 0.2) is 11.8 Å². The lowest BCUT2D eigenvalue weighted by Crippen LogP contribution is -2.30. The summed E-state index contributed by atoms with van der Waals surface area (Å²) in [6, 6.07) is 21.8. The van der Waals surface area contributed by atoms with E-state index in [4.69, 9.17) is 14.2 Å². The number of aryl methyl sites for hydroxylation is 1. The zero-order chi connectivity index (χ0) is 57.0. The molecule has 440 valence electrons. The molecule has 0 fully saturated rings. The molecule has 0 amide bonds. The van der Waals surface area contributed by atoms with Crippen LogP contribution in [0.1, 0.15) is 231 Å². The van der Waals surface area contributed by atoms with Gasteiger partial charge in [-0.1, -0.05) is 235 Å². The standard InChI is InChI=1S/C65H94N4O11/c1-2-3-4-5-6-7-8-9-10-11-18-23-28-33-45-78-50-58(51-79-61(70)38-30-25-20-16-13-17-22-27-32-44-66-65-59(68(74)75)48-57(67(72)73)49-60(65)69(76)77)80-62(71)39-31-26-21-15-12-14-19-24-29-35-52-46-55-42-40-53-36-34-37-54-41-43-56(47-52)64(55)63(53)54/h34,36-37,40-43,46-49,58,66H,2-33,35,38-39,44-45,50-51H2,1H3/t58-/m1/s1. The third-order valence-electron chi connectivity index (χ3n) is 15.6. The van der Waals surface area contributed by atoms with E-state index in [1.54, 1.807) is 0 Å². The fourth-order valence-corrected chi connectivity index (χ4v) is 11.0. The van der Waals surface area contributed by atoms with Crippen molar-refractivity contribution in [2.24, 2.45) is 0 Å². The van der Waals surface area contributed by atoms with Crippen LogP contribution in [0.25, 0.3) is 32.3 Å². The third-order valence-corrected chi connectivity index (χ3v) is 15.6. The highest BCUT2D eigenvalue weighted by molar-refractivity contribution is 6.23. The molecule has 80 heavy (non-hydrogen) atoms. The summed E-state index contributed by atoms with van der Waals surface area (Å²) >= 11 is 0. The van der Waals surface area contributed by atoms with Gasteiger partial charge in [0, 0.05) is 26.0 Å². The number of benzene rings is 5. The second-order valence-corrected chi connectivity index (χ2v) is 22.3. The number of hydrogen-bond acceptors (Lipinski definition) is 12. The molecule has 0 saturated heterocycles. The second kappa shape index (κ2) is 38.6. The van der Waals surface area contributed by atoms with Gasteiger partial charge in [-0.05, 0) is 76.4 Å². The fraction of sp³-hybridized carbons (Fsp3) is 0.631. The number of rotatable bonds is 48. The zero-order valence-electron chi connectivity index (χ0n) is 48.3. The Hall–Kier alpha value is -5.96. The normalized spacial score (nSPS) is 11.9. The first-order chi connectivity index (χ1) is 39.0. The lowest BCUT2D eigenvalue weighted by molar-refractivity contribution is -0.401. The first-order valence-corrected chi connectivity index (χ1v) is 31.0. The van der Waals surface area contributed by atoms with Crippen LogP contribution in [-0.4, -0.2) is 59.2 Å². The molecular formula is C65H94N4O11. The predicted molar refractivity (Wildman–Crippen MR) is 323 cm³/mol. The highest BCUT2D eigenvalue weighted by Crippen LogP contribution is 2.39. The monoisotopic (exact) mass is 1110 g/mol. The van der Waals surface area contributed by atoms with E-state index in [9.17, 15) is 39.9 Å². The number of anilines is 1. The summed E-state index contributed by atoms with van der Waals surface area (Å²) in [5.41, 5.74) is -1.02. The summed E-state index contributed by atoms with van der Waals surface area (Å²) in [5.74, 6) is -0.577.